The molecule has 1 aliphatic rings. The van der Waals surface area contributed by atoms with Gasteiger partial charge < -0.3 is 15.1 Å². The van der Waals surface area contributed by atoms with Gasteiger partial charge in [-0.1, -0.05) is 13.8 Å². The number of carbonyl (C=O) groups excluding carboxylic acids is 1. The second kappa shape index (κ2) is 13.0. The van der Waals surface area contributed by atoms with Gasteiger partial charge >= 0.3 is 0 Å². The highest BCUT2D eigenvalue weighted by Gasteiger charge is 2.22. The van der Waals surface area contributed by atoms with E-state index in [9.17, 15) is 4.79 Å². The first-order valence-corrected chi connectivity index (χ1v) is 8.14. The van der Waals surface area contributed by atoms with Gasteiger partial charge in [0.05, 0.1) is 5.75 Å². The predicted octanol–water partition coefficient (Wildman–Crippen LogP) is 1.73. The summed E-state index contributed by atoms with van der Waals surface area (Å²) < 4.78 is 0. The molecule has 1 N–H and O–H groups in total. The maximum absolute atomic E-state index is 12.1. The Kier molecular flexibility index (Phi) is 14.7. The van der Waals surface area contributed by atoms with Crippen molar-refractivity contribution in [1.29, 1.82) is 0 Å². The highest BCUT2D eigenvalue weighted by atomic mass is 35.5. The summed E-state index contributed by atoms with van der Waals surface area (Å²) in [4.78, 5) is 16.5. The number of nitrogens with one attached hydrogen (secondary N) is 1. The topological polar surface area (TPSA) is 35.6 Å². The summed E-state index contributed by atoms with van der Waals surface area (Å²) in [5.41, 5.74) is 0. The van der Waals surface area contributed by atoms with Gasteiger partial charge in [-0.25, -0.2) is 0 Å². The van der Waals surface area contributed by atoms with E-state index >= 15 is 0 Å². The van der Waals surface area contributed by atoms with Gasteiger partial charge in [0.25, 0.3) is 0 Å². The quantitative estimate of drug-likeness (QED) is 0.712. The number of amides is 1. The zero-order chi connectivity index (χ0) is 13.4. The Bertz CT molecular complexity index is 256. The highest BCUT2D eigenvalue weighted by molar-refractivity contribution is 7.99. The first-order chi connectivity index (χ1) is 8.69. The SMILES string of the molecule is CCN(CC)CCSCC(=O)N1CCNC[C@H]1C.Cl.Cl. The monoisotopic (exact) mass is 345 g/mol. The van der Waals surface area contributed by atoms with Crippen molar-refractivity contribution >= 4 is 42.5 Å². The number of carbonyl (C=O) groups is 1. The standard InChI is InChI=1S/C13H27N3OS.2ClH/c1-4-15(5-2)8-9-18-11-13(17)16-7-6-14-10-12(16)3;;/h12,14H,4-11H2,1-3H3;2*1H/t12-;;/m1../s1. The molecule has 0 aliphatic carbocycles. The normalized spacial score (nSPS) is 18.4. The first kappa shape index (κ1) is 22.6. The molecular weight excluding hydrogens is 317 g/mol. The van der Waals surface area contributed by atoms with E-state index in [1.54, 1.807) is 11.8 Å². The van der Waals surface area contributed by atoms with Crippen LogP contribution in [0.5, 0.6) is 0 Å². The van der Waals surface area contributed by atoms with Crippen molar-refractivity contribution < 1.29 is 4.79 Å². The van der Waals surface area contributed by atoms with Crippen molar-refractivity contribution in [2.24, 2.45) is 0 Å². The summed E-state index contributed by atoms with van der Waals surface area (Å²) in [5, 5.41) is 3.31. The van der Waals surface area contributed by atoms with Crippen LogP contribution in [0.1, 0.15) is 20.8 Å². The third kappa shape index (κ3) is 7.93. The van der Waals surface area contributed by atoms with Crippen LogP contribution >= 0.6 is 36.6 Å². The average Bonchev–Trinajstić information content (AvgIpc) is 2.39. The zero-order valence-electron chi connectivity index (χ0n) is 12.8. The maximum Gasteiger partial charge on any atom is 0.232 e. The molecule has 0 aromatic carbocycles. The summed E-state index contributed by atoms with van der Waals surface area (Å²) in [5.74, 6) is 1.98. The van der Waals surface area contributed by atoms with Crippen molar-refractivity contribution in [1.82, 2.24) is 15.1 Å². The van der Waals surface area contributed by atoms with Crippen LogP contribution in [0.25, 0.3) is 0 Å². The van der Waals surface area contributed by atoms with Crippen LogP contribution in [0.2, 0.25) is 0 Å². The Morgan fingerprint density at radius 3 is 2.55 bits per heavy atom. The van der Waals surface area contributed by atoms with Crippen molar-refractivity contribution in [2.45, 2.75) is 26.8 Å². The fourth-order valence-corrected chi connectivity index (χ4v) is 3.06. The molecule has 0 aromatic heterocycles. The molecule has 20 heavy (non-hydrogen) atoms. The lowest BCUT2D eigenvalue weighted by atomic mass is 10.2. The van der Waals surface area contributed by atoms with Crippen LogP contribution in [-0.2, 0) is 4.79 Å². The molecule has 0 unspecified atom stereocenters. The Hall–Kier alpha value is 0.320. The molecule has 1 heterocycles. The first-order valence-electron chi connectivity index (χ1n) is 6.99. The van der Waals surface area contributed by atoms with Crippen molar-refractivity contribution in [3.05, 3.63) is 0 Å². The van der Waals surface area contributed by atoms with Crippen LogP contribution < -0.4 is 5.32 Å². The lowest BCUT2D eigenvalue weighted by molar-refractivity contribution is -0.131. The van der Waals surface area contributed by atoms with Crippen molar-refractivity contribution in [3.63, 3.8) is 0 Å². The van der Waals surface area contributed by atoms with E-state index in [0.717, 1.165) is 45.0 Å². The van der Waals surface area contributed by atoms with E-state index in [1.807, 2.05) is 4.90 Å². The molecule has 7 heteroatoms. The molecule has 1 fully saturated rings. The van der Waals surface area contributed by atoms with E-state index in [4.69, 9.17) is 0 Å². The van der Waals surface area contributed by atoms with Gasteiger partial charge in [-0.2, -0.15) is 11.8 Å². The number of halogens is 2. The van der Waals surface area contributed by atoms with Crippen LogP contribution in [0, 0.1) is 0 Å². The number of piperazine rings is 1. The third-order valence-electron chi connectivity index (χ3n) is 3.49. The average molecular weight is 346 g/mol. The summed E-state index contributed by atoms with van der Waals surface area (Å²) in [6.07, 6.45) is 0. The van der Waals surface area contributed by atoms with Crippen molar-refractivity contribution in [3.8, 4) is 0 Å². The van der Waals surface area contributed by atoms with Gasteiger partial charge in [0.1, 0.15) is 0 Å². The molecule has 4 nitrogen and oxygen atoms in total. The van der Waals surface area contributed by atoms with Gasteiger partial charge in [0.15, 0.2) is 0 Å². The van der Waals surface area contributed by atoms with Gasteiger partial charge in [-0.15, -0.1) is 24.8 Å². The van der Waals surface area contributed by atoms with Gasteiger partial charge in [-0.05, 0) is 20.0 Å². The molecule has 1 aliphatic heterocycles. The van der Waals surface area contributed by atoms with Crippen LogP contribution in [-0.4, -0.2) is 72.5 Å². The number of hydrogen-bond donors (Lipinski definition) is 1. The third-order valence-corrected chi connectivity index (χ3v) is 4.42. The molecule has 0 spiro atoms. The number of hydrogen-bond acceptors (Lipinski definition) is 4. The second-order valence-electron chi connectivity index (χ2n) is 4.72. The van der Waals surface area contributed by atoms with Crippen LogP contribution in [0.15, 0.2) is 0 Å². The molecule has 0 bridgehead atoms. The predicted molar refractivity (Wildman–Crippen MR) is 93.7 cm³/mol. The van der Waals surface area contributed by atoms with Gasteiger partial charge in [-0.3, -0.25) is 4.79 Å². The summed E-state index contributed by atoms with van der Waals surface area (Å²) in [6.45, 7) is 12.5. The minimum atomic E-state index is 0. The number of nitrogens with zero attached hydrogens (tertiary/aromatic N) is 2. The molecule has 1 saturated heterocycles. The molecule has 0 aromatic rings. The second-order valence-corrected chi connectivity index (χ2v) is 5.82. The van der Waals surface area contributed by atoms with Crippen LogP contribution in [0.4, 0.5) is 0 Å². The highest BCUT2D eigenvalue weighted by Crippen LogP contribution is 2.08. The molecule has 1 atom stereocenters. The Morgan fingerprint density at radius 1 is 1.35 bits per heavy atom. The van der Waals surface area contributed by atoms with Gasteiger partial charge in [0.2, 0.25) is 5.91 Å². The fraction of sp³-hybridized carbons (Fsp3) is 0.923. The summed E-state index contributed by atoms with van der Waals surface area (Å²) >= 11 is 1.76. The Balaban J connectivity index is 0. The van der Waals surface area contributed by atoms with E-state index in [2.05, 4.69) is 31.0 Å². The minimum absolute atomic E-state index is 0. The lowest BCUT2D eigenvalue weighted by Crippen LogP contribution is -2.52. The van der Waals surface area contributed by atoms with Crippen molar-refractivity contribution in [2.75, 3.05) is 50.8 Å². The molecule has 122 valence electrons. The number of thioether (sulfide) groups is 1. The Labute approximate surface area is 140 Å². The molecule has 1 amide bonds. The van der Waals surface area contributed by atoms with Gasteiger partial charge in [0, 0.05) is 38.0 Å². The van der Waals surface area contributed by atoms with E-state index in [1.165, 1.54) is 0 Å². The van der Waals surface area contributed by atoms with E-state index in [-0.39, 0.29) is 24.8 Å². The number of rotatable bonds is 7. The molecular formula is C13H29Cl2N3OS. The minimum Gasteiger partial charge on any atom is -0.337 e. The smallest absolute Gasteiger partial charge is 0.232 e. The van der Waals surface area contributed by atoms with Crippen LogP contribution in [0.3, 0.4) is 0 Å². The summed E-state index contributed by atoms with van der Waals surface area (Å²) in [6, 6.07) is 0.342. The molecule has 0 saturated carbocycles. The molecule has 1 rings (SSSR count). The lowest BCUT2D eigenvalue weighted by Gasteiger charge is -2.34. The van der Waals surface area contributed by atoms with E-state index < -0.39 is 0 Å². The molecule has 0 radical (unpaired) electrons. The Morgan fingerprint density at radius 2 is 2.00 bits per heavy atom. The largest absolute Gasteiger partial charge is 0.337 e. The fourth-order valence-electron chi connectivity index (χ4n) is 2.19. The zero-order valence-corrected chi connectivity index (χ0v) is 15.2. The van der Waals surface area contributed by atoms with E-state index in [0.29, 0.717) is 17.7 Å². The maximum atomic E-state index is 12.1. The summed E-state index contributed by atoms with van der Waals surface area (Å²) in [7, 11) is 0.